The van der Waals surface area contributed by atoms with E-state index >= 15 is 0 Å². The summed E-state index contributed by atoms with van der Waals surface area (Å²) in [5.74, 6) is -0.438. The molecule has 1 aliphatic carbocycles. The molecule has 1 heterocycles. The van der Waals surface area contributed by atoms with Crippen molar-refractivity contribution < 1.29 is 19.1 Å². The average molecular weight is 352 g/mol. The van der Waals surface area contributed by atoms with E-state index in [0.29, 0.717) is 12.3 Å². The molecule has 25 heavy (non-hydrogen) atoms. The number of amides is 1. The Labute approximate surface area is 148 Å². The van der Waals surface area contributed by atoms with E-state index in [0.717, 1.165) is 25.7 Å². The van der Waals surface area contributed by atoms with Crippen LogP contribution < -0.4 is 5.32 Å². The van der Waals surface area contributed by atoms with Crippen molar-refractivity contribution in [2.24, 2.45) is 0 Å². The van der Waals surface area contributed by atoms with Crippen LogP contribution in [0.5, 0.6) is 0 Å². The molecule has 0 atom stereocenters. The number of hydrogen-bond acceptors (Lipinski definition) is 6. The fraction of sp³-hybridized carbons (Fsp3) is 0.765. The second-order valence-electron chi connectivity index (χ2n) is 7.33. The SMILES string of the molecule is CCOC(=O)c1nn([C@H]2CC[C@H](NC(=O)OC(C)(C)C)CC2)nc1C. The quantitative estimate of drug-likeness (QED) is 0.837. The zero-order chi connectivity index (χ0) is 18.6. The molecule has 1 saturated carbocycles. The topological polar surface area (TPSA) is 95.3 Å². The molecule has 1 aliphatic rings. The molecular formula is C17H28N4O4. The minimum Gasteiger partial charge on any atom is -0.461 e. The molecule has 0 aliphatic heterocycles. The number of hydrogen-bond donors (Lipinski definition) is 1. The fourth-order valence-corrected chi connectivity index (χ4v) is 2.87. The Kier molecular flexibility index (Phi) is 6.02. The molecule has 1 N–H and O–H groups in total. The highest BCUT2D eigenvalue weighted by molar-refractivity contribution is 5.88. The summed E-state index contributed by atoms with van der Waals surface area (Å²) in [7, 11) is 0. The summed E-state index contributed by atoms with van der Waals surface area (Å²) in [6.07, 6.45) is 2.92. The summed E-state index contributed by atoms with van der Waals surface area (Å²) in [6.45, 7) is 9.36. The molecule has 0 saturated heterocycles. The van der Waals surface area contributed by atoms with Gasteiger partial charge in [-0.05, 0) is 60.3 Å². The second kappa shape index (κ2) is 7.84. The number of rotatable bonds is 4. The second-order valence-corrected chi connectivity index (χ2v) is 7.33. The van der Waals surface area contributed by atoms with Gasteiger partial charge in [0.15, 0.2) is 5.69 Å². The minimum atomic E-state index is -0.499. The number of aromatic nitrogens is 3. The lowest BCUT2D eigenvalue weighted by Crippen LogP contribution is -2.41. The molecule has 1 amide bonds. The zero-order valence-corrected chi connectivity index (χ0v) is 15.7. The monoisotopic (exact) mass is 352 g/mol. The van der Waals surface area contributed by atoms with Gasteiger partial charge in [0.05, 0.1) is 18.3 Å². The first-order chi connectivity index (χ1) is 11.7. The fourth-order valence-electron chi connectivity index (χ4n) is 2.87. The van der Waals surface area contributed by atoms with E-state index < -0.39 is 11.6 Å². The molecule has 0 spiro atoms. The third kappa shape index (κ3) is 5.44. The molecule has 2 rings (SSSR count). The van der Waals surface area contributed by atoms with Crippen LogP contribution in [0.25, 0.3) is 0 Å². The third-order valence-corrected chi connectivity index (χ3v) is 4.01. The van der Waals surface area contributed by atoms with Crippen LogP contribution in [-0.2, 0) is 9.47 Å². The van der Waals surface area contributed by atoms with Crippen LogP contribution in [0.1, 0.15) is 75.6 Å². The molecule has 0 aromatic carbocycles. The van der Waals surface area contributed by atoms with Gasteiger partial charge in [0, 0.05) is 6.04 Å². The number of nitrogens with one attached hydrogen (secondary N) is 1. The van der Waals surface area contributed by atoms with Crippen molar-refractivity contribution in [2.45, 2.75) is 78.0 Å². The predicted molar refractivity (Wildman–Crippen MR) is 91.4 cm³/mol. The van der Waals surface area contributed by atoms with Crippen LogP contribution in [-0.4, -0.2) is 45.3 Å². The van der Waals surface area contributed by atoms with Crippen LogP contribution in [0, 0.1) is 6.92 Å². The van der Waals surface area contributed by atoms with E-state index in [9.17, 15) is 9.59 Å². The molecule has 8 nitrogen and oxygen atoms in total. The van der Waals surface area contributed by atoms with Gasteiger partial charge in [-0.15, -0.1) is 5.10 Å². The first kappa shape index (κ1) is 19.2. The van der Waals surface area contributed by atoms with Crippen molar-refractivity contribution in [3.05, 3.63) is 11.4 Å². The highest BCUT2D eigenvalue weighted by Crippen LogP contribution is 2.28. The van der Waals surface area contributed by atoms with Crippen molar-refractivity contribution in [3.63, 3.8) is 0 Å². The lowest BCUT2D eigenvalue weighted by atomic mass is 9.91. The van der Waals surface area contributed by atoms with Crippen molar-refractivity contribution in [2.75, 3.05) is 6.61 Å². The van der Waals surface area contributed by atoms with Crippen LogP contribution in [0.15, 0.2) is 0 Å². The van der Waals surface area contributed by atoms with Gasteiger partial charge in [-0.1, -0.05) is 0 Å². The Bertz CT molecular complexity index is 613. The number of aryl methyl sites for hydroxylation is 1. The predicted octanol–water partition coefficient (Wildman–Crippen LogP) is 2.77. The molecule has 1 aromatic heterocycles. The van der Waals surface area contributed by atoms with Crippen LogP contribution >= 0.6 is 0 Å². The highest BCUT2D eigenvalue weighted by Gasteiger charge is 2.28. The van der Waals surface area contributed by atoms with E-state index in [1.165, 1.54) is 0 Å². The smallest absolute Gasteiger partial charge is 0.407 e. The Balaban J connectivity index is 1.89. The number of alkyl carbamates (subject to hydrolysis) is 1. The van der Waals surface area contributed by atoms with Gasteiger partial charge in [-0.3, -0.25) is 0 Å². The van der Waals surface area contributed by atoms with Gasteiger partial charge >= 0.3 is 12.1 Å². The number of carbonyl (C=O) groups excluding carboxylic acids is 2. The van der Waals surface area contributed by atoms with Crippen molar-refractivity contribution in [3.8, 4) is 0 Å². The molecular weight excluding hydrogens is 324 g/mol. The minimum absolute atomic E-state index is 0.0901. The van der Waals surface area contributed by atoms with Gasteiger partial charge in [0.2, 0.25) is 0 Å². The highest BCUT2D eigenvalue weighted by atomic mass is 16.6. The van der Waals surface area contributed by atoms with E-state index in [1.54, 1.807) is 18.6 Å². The number of ether oxygens (including phenoxy) is 2. The largest absolute Gasteiger partial charge is 0.461 e. The van der Waals surface area contributed by atoms with E-state index in [4.69, 9.17) is 9.47 Å². The summed E-state index contributed by atoms with van der Waals surface area (Å²) in [5, 5.41) is 11.6. The van der Waals surface area contributed by atoms with Gasteiger partial charge in [0.1, 0.15) is 5.60 Å². The first-order valence-electron chi connectivity index (χ1n) is 8.79. The number of carbonyl (C=O) groups is 2. The van der Waals surface area contributed by atoms with E-state index in [1.807, 2.05) is 20.8 Å². The summed E-state index contributed by atoms with van der Waals surface area (Å²) >= 11 is 0. The third-order valence-electron chi connectivity index (χ3n) is 4.01. The standard InChI is InChI=1S/C17H28N4O4/c1-6-24-15(22)14-11(2)19-21(20-14)13-9-7-12(8-10-13)18-16(23)25-17(3,4)5/h12-13H,6-10H2,1-5H3,(H,18,23)/t12-,13-. The van der Waals surface area contributed by atoms with Gasteiger partial charge in [-0.2, -0.15) is 9.90 Å². The molecule has 140 valence electrons. The van der Waals surface area contributed by atoms with Crippen molar-refractivity contribution in [1.29, 1.82) is 0 Å². The number of nitrogens with zero attached hydrogens (tertiary/aromatic N) is 3. The average Bonchev–Trinajstić information content (AvgIpc) is 2.88. The Morgan fingerprint density at radius 3 is 2.40 bits per heavy atom. The Hall–Kier alpha value is -2.12. The zero-order valence-electron chi connectivity index (χ0n) is 15.7. The van der Waals surface area contributed by atoms with Crippen LogP contribution in [0.2, 0.25) is 0 Å². The number of esters is 1. The first-order valence-corrected chi connectivity index (χ1v) is 8.79. The Morgan fingerprint density at radius 1 is 1.20 bits per heavy atom. The van der Waals surface area contributed by atoms with E-state index in [2.05, 4.69) is 15.5 Å². The van der Waals surface area contributed by atoms with Crippen molar-refractivity contribution >= 4 is 12.1 Å². The molecule has 0 bridgehead atoms. The van der Waals surface area contributed by atoms with Gasteiger partial charge in [0.25, 0.3) is 0 Å². The molecule has 0 unspecified atom stereocenters. The molecule has 8 heteroatoms. The molecule has 1 fully saturated rings. The maximum Gasteiger partial charge on any atom is 0.407 e. The lowest BCUT2D eigenvalue weighted by molar-refractivity contribution is 0.0480. The summed E-state index contributed by atoms with van der Waals surface area (Å²) < 4.78 is 10.3. The summed E-state index contributed by atoms with van der Waals surface area (Å²) in [4.78, 5) is 25.3. The van der Waals surface area contributed by atoms with Crippen molar-refractivity contribution in [1.82, 2.24) is 20.3 Å². The van der Waals surface area contributed by atoms with Gasteiger partial charge < -0.3 is 14.8 Å². The maximum absolute atomic E-state index is 11.8. The van der Waals surface area contributed by atoms with E-state index in [-0.39, 0.29) is 23.9 Å². The Morgan fingerprint density at radius 2 is 1.84 bits per heavy atom. The lowest BCUT2D eigenvalue weighted by Gasteiger charge is -2.29. The van der Waals surface area contributed by atoms with Crippen LogP contribution in [0.3, 0.4) is 0 Å². The van der Waals surface area contributed by atoms with Gasteiger partial charge in [-0.25, -0.2) is 9.59 Å². The summed E-state index contributed by atoms with van der Waals surface area (Å²) in [5.41, 5.74) is 0.352. The maximum atomic E-state index is 11.8. The molecule has 0 radical (unpaired) electrons. The normalized spacial score (nSPS) is 20.8. The summed E-state index contributed by atoms with van der Waals surface area (Å²) in [6, 6.07) is 0.214. The van der Waals surface area contributed by atoms with Crippen LogP contribution in [0.4, 0.5) is 4.79 Å². The molecule has 1 aromatic rings.